The van der Waals surface area contributed by atoms with Gasteiger partial charge in [-0.3, -0.25) is 4.79 Å². The highest BCUT2D eigenvalue weighted by Crippen LogP contribution is 2.24. The maximum absolute atomic E-state index is 13.0. The minimum atomic E-state index is -1.65. The summed E-state index contributed by atoms with van der Waals surface area (Å²) in [5, 5.41) is 75.3. The molecule has 9 unspecified atom stereocenters. The number of rotatable bonds is 53. The van der Waals surface area contributed by atoms with Gasteiger partial charge in [0.05, 0.1) is 25.4 Å². The Balaban J connectivity index is 1.98. The average molecular weight is 1000 g/mol. The monoisotopic (exact) mass is 1000 g/mol. The SMILES string of the molecule is CCCCCCCCCCCCCCCCCCCCCCCCCCCCCCCCCCCCCCCCC(O)C(=O)NC(COC1OC(CO)C(O)C(O)C1O)C(O)C(O)CCCCCCC. The number of ether oxygens (including phenoxy) is 2. The molecule has 70 heavy (non-hydrogen) atoms. The van der Waals surface area contributed by atoms with E-state index in [2.05, 4.69) is 19.2 Å². The second kappa shape index (κ2) is 49.0. The summed E-state index contributed by atoms with van der Waals surface area (Å²) in [5.41, 5.74) is 0. The Morgan fingerprint density at radius 2 is 0.743 bits per heavy atom. The van der Waals surface area contributed by atoms with Crippen molar-refractivity contribution in [1.29, 1.82) is 0 Å². The van der Waals surface area contributed by atoms with E-state index < -0.39 is 74.2 Å². The van der Waals surface area contributed by atoms with Crippen molar-refractivity contribution in [3.63, 3.8) is 0 Å². The van der Waals surface area contributed by atoms with Crippen molar-refractivity contribution in [3.8, 4) is 0 Å². The van der Waals surface area contributed by atoms with Crippen LogP contribution in [0.1, 0.15) is 303 Å². The number of hydrogen-bond donors (Lipinski definition) is 8. The summed E-state index contributed by atoms with van der Waals surface area (Å²) in [6, 6.07) is -1.16. The Hall–Kier alpha value is -0.890. The van der Waals surface area contributed by atoms with Crippen LogP contribution in [0.4, 0.5) is 0 Å². The van der Waals surface area contributed by atoms with E-state index in [1.54, 1.807) is 0 Å². The van der Waals surface area contributed by atoms with Crippen molar-refractivity contribution < 1.29 is 50.0 Å². The molecule has 1 amide bonds. The molecule has 1 heterocycles. The second-order valence-corrected chi connectivity index (χ2v) is 21.8. The largest absolute Gasteiger partial charge is 0.394 e. The van der Waals surface area contributed by atoms with Gasteiger partial charge >= 0.3 is 0 Å². The van der Waals surface area contributed by atoms with E-state index >= 15 is 0 Å². The van der Waals surface area contributed by atoms with Crippen LogP contribution in [0.2, 0.25) is 0 Å². The number of aliphatic hydroxyl groups is 7. The van der Waals surface area contributed by atoms with Crippen molar-refractivity contribution in [1.82, 2.24) is 5.32 Å². The van der Waals surface area contributed by atoms with E-state index in [4.69, 9.17) is 9.47 Å². The Morgan fingerprint density at radius 1 is 0.443 bits per heavy atom. The zero-order valence-electron chi connectivity index (χ0n) is 45.8. The van der Waals surface area contributed by atoms with Gasteiger partial charge in [-0.1, -0.05) is 290 Å². The Kier molecular flexibility index (Phi) is 47.0. The quantitative estimate of drug-likeness (QED) is 0.0272. The van der Waals surface area contributed by atoms with Crippen molar-refractivity contribution in [2.45, 2.75) is 358 Å². The van der Waals surface area contributed by atoms with Gasteiger partial charge in [-0.25, -0.2) is 0 Å². The zero-order chi connectivity index (χ0) is 51.1. The number of unbranched alkanes of at least 4 members (excludes halogenated alkanes) is 41. The molecule has 1 saturated heterocycles. The fourth-order valence-corrected chi connectivity index (χ4v) is 10.2. The number of amides is 1. The van der Waals surface area contributed by atoms with Crippen LogP contribution in [-0.2, 0) is 14.3 Å². The Morgan fingerprint density at radius 3 is 1.06 bits per heavy atom. The van der Waals surface area contributed by atoms with E-state index in [9.17, 15) is 40.5 Å². The van der Waals surface area contributed by atoms with Crippen molar-refractivity contribution in [3.05, 3.63) is 0 Å². The first-order valence-electron chi connectivity index (χ1n) is 30.4. The van der Waals surface area contributed by atoms with Gasteiger partial charge in [0.25, 0.3) is 0 Å². The third-order valence-electron chi connectivity index (χ3n) is 15.2. The topological polar surface area (TPSA) is 189 Å². The molecule has 1 aliphatic rings. The van der Waals surface area contributed by atoms with Crippen molar-refractivity contribution in [2.75, 3.05) is 13.2 Å². The van der Waals surface area contributed by atoms with Crippen LogP contribution in [0.5, 0.6) is 0 Å². The molecular formula is C59H117NO10. The highest BCUT2D eigenvalue weighted by atomic mass is 16.7. The molecule has 0 saturated carbocycles. The summed E-state index contributed by atoms with van der Waals surface area (Å²) < 4.78 is 11.0. The van der Waals surface area contributed by atoms with Crippen molar-refractivity contribution in [2.24, 2.45) is 0 Å². The number of aliphatic hydroxyl groups excluding tert-OH is 7. The molecular weight excluding hydrogens is 883 g/mol. The molecule has 9 atom stereocenters. The summed E-state index contributed by atoms with van der Waals surface area (Å²) in [6.45, 7) is 3.36. The van der Waals surface area contributed by atoms with Crippen LogP contribution in [0.15, 0.2) is 0 Å². The zero-order valence-corrected chi connectivity index (χ0v) is 45.8. The van der Waals surface area contributed by atoms with Crippen LogP contribution < -0.4 is 5.32 Å². The maximum Gasteiger partial charge on any atom is 0.249 e. The van der Waals surface area contributed by atoms with Gasteiger partial charge in [0.15, 0.2) is 6.29 Å². The third-order valence-corrected chi connectivity index (χ3v) is 15.2. The molecule has 418 valence electrons. The van der Waals surface area contributed by atoms with Gasteiger partial charge in [-0.2, -0.15) is 0 Å². The Bertz CT molecular complexity index is 1100. The summed E-state index contributed by atoms with van der Waals surface area (Å²) in [7, 11) is 0. The molecule has 1 fully saturated rings. The lowest BCUT2D eigenvalue weighted by molar-refractivity contribution is -0.303. The molecule has 0 aromatic rings. The first-order valence-corrected chi connectivity index (χ1v) is 30.4. The summed E-state index contributed by atoms with van der Waals surface area (Å²) in [4.78, 5) is 13.0. The Labute approximate surface area is 430 Å². The van der Waals surface area contributed by atoms with Crippen molar-refractivity contribution >= 4 is 5.91 Å². The van der Waals surface area contributed by atoms with Crippen LogP contribution in [0.25, 0.3) is 0 Å². The standard InChI is InChI=1S/C59H117NO10/c1-3-5-7-9-10-11-12-13-14-15-16-17-18-19-20-21-22-23-24-25-26-27-28-29-30-31-32-33-34-35-36-37-38-39-40-41-43-45-47-52(63)58(68)60-50(54(64)51(62)46-44-42-8-6-4-2)49-69-59-57(67)56(66)55(65)53(48-61)70-59/h50-57,59,61-67H,3-49H2,1-2H3,(H,60,68). The van der Waals surface area contributed by atoms with Crippen LogP contribution >= 0.6 is 0 Å². The van der Waals surface area contributed by atoms with Crippen LogP contribution in [-0.4, -0.2) is 110 Å². The summed E-state index contributed by atoms with van der Waals surface area (Å²) in [6.07, 6.45) is 45.8. The minimum absolute atomic E-state index is 0.266. The fourth-order valence-electron chi connectivity index (χ4n) is 10.2. The van der Waals surface area contributed by atoms with Gasteiger partial charge in [0.1, 0.15) is 36.6 Å². The first-order chi connectivity index (χ1) is 34.2. The van der Waals surface area contributed by atoms with E-state index in [0.29, 0.717) is 19.3 Å². The van der Waals surface area contributed by atoms with Gasteiger partial charge < -0.3 is 50.5 Å². The predicted octanol–water partition coefficient (Wildman–Crippen LogP) is 13.0. The van der Waals surface area contributed by atoms with Gasteiger partial charge in [-0.05, 0) is 12.8 Å². The lowest BCUT2D eigenvalue weighted by Crippen LogP contribution is -2.60. The van der Waals surface area contributed by atoms with E-state index in [1.165, 1.54) is 218 Å². The molecule has 8 N–H and O–H groups in total. The molecule has 11 nitrogen and oxygen atoms in total. The smallest absolute Gasteiger partial charge is 0.249 e. The first kappa shape index (κ1) is 67.1. The van der Waals surface area contributed by atoms with Gasteiger partial charge in [0, 0.05) is 0 Å². The molecule has 0 aromatic heterocycles. The van der Waals surface area contributed by atoms with Gasteiger partial charge in [-0.15, -0.1) is 0 Å². The summed E-state index contributed by atoms with van der Waals surface area (Å²) >= 11 is 0. The number of nitrogens with one attached hydrogen (secondary N) is 1. The molecule has 0 aliphatic carbocycles. The molecule has 0 radical (unpaired) electrons. The minimum Gasteiger partial charge on any atom is -0.394 e. The molecule has 0 aromatic carbocycles. The fraction of sp³-hybridized carbons (Fsp3) is 0.983. The number of carbonyl (C=O) groups is 1. The number of carbonyl (C=O) groups excluding carboxylic acids is 1. The maximum atomic E-state index is 13.0. The predicted molar refractivity (Wildman–Crippen MR) is 289 cm³/mol. The normalized spacial score (nSPS) is 20.2. The van der Waals surface area contributed by atoms with Crippen LogP contribution in [0, 0.1) is 0 Å². The van der Waals surface area contributed by atoms with E-state index in [-0.39, 0.29) is 6.42 Å². The average Bonchev–Trinajstić information content (AvgIpc) is 3.36. The molecule has 1 rings (SSSR count). The second-order valence-electron chi connectivity index (χ2n) is 21.8. The molecule has 0 bridgehead atoms. The lowest BCUT2D eigenvalue weighted by Gasteiger charge is -2.40. The molecule has 11 heteroatoms. The van der Waals surface area contributed by atoms with E-state index in [0.717, 1.165) is 44.9 Å². The highest BCUT2D eigenvalue weighted by Gasteiger charge is 2.44. The van der Waals surface area contributed by atoms with E-state index in [1.807, 2.05) is 0 Å². The molecule has 0 spiro atoms. The summed E-state index contributed by atoms with van der Waals surface area (Å²) in [5.74, 6) is -0.696. The highest BCUT2D eigenvalue weighted by molar-refractivity contribution is 5.80. The third kappa shape index (κ3) is 36.9. The molecule has 1 aliphatic heterocycles. The lowest BCUT2D eigenvalue weighted by atomic mass is 9.98. The number of hydrogen-bond acceptors (Lipinski definition) is 10. The van der Waals surface area contributed by atoms with Gasteiger partial charge in [0.2, 0.25) is 5.91 Å². The van der Waals surface area contributed by atoms with Crippen LogP contribution in [0.3, 0.4) is 0 Å².